The first-order valence-corrected chi connectivity index (χ1v) is 6.21. The number of rotatable bonds is 5. The Kier molecular flexibility index (Phi) is 4.05. The van der Waals surface area contributed by atoms with Crippen LogP contribution >= 0.6 is 0 Å². The Balaban J connectivity index is 2.18. The lowest BCUT2D eigenvalue weighted by molar-refractivity contribution is -0.143. The first-order valence-electron chi connectivity index (χ1n) is 6.21. The fraction of sp³-hybridized carbons (Fsp3) is 0.286. The molecule has 2 rings (SSSR count). The minimum absolute atomic E-state index is 0.0170. The molecule has 0 aliphatic heterocycles. The third kappa shape index (κ3) is 2.80. The van der Waals surface area contributed by atoms with Gasteiger partial charge < -0.3 is 20.1 Å². The number of carbonyl (C=O) groups is 2. The van der Waals surface area contributed by atoms with Crippen LogP contribution in [-0.4, -0.2) is 39.3 Å². The van der Waals surface area contributed by atoms with Crippen molar-refractivity contribution in [2.45, 2.75) is 19.5 Å². The third-order valence-corrected chi connectivity index (χ3v) is 3.14. The van der Waals surface area contributed by atoms with Gasteiger partial charge in [-0.25, -0.2) is 4.79 Å². The van der Waals surface area contributed by atoms with Crippen LogP contribution in [0.3, 0.4) is 0 Å². The van der Waals surface area contributed by atoms with Gasteiger partial charge in [0, 0.05) is 11.2 Å². The predicted molar refractivity (Wildman–Crippen MR) is 73.3 cm³/mol. The SMILES string of the molecule is Cc1cc2ccccc2n1CC(=O)NC(CO)C(=O)O. The number of amides is 1. The van der Waals surface area contributed by atoms with Gasteiger partial charge in [-0.3, -0.25) is 4.79 Å². The molecule has 3 N–H and O–H groups in total. The lowest BCUT2D eigenvalue weighted by Gasteiger charge is -2.13. The van der Waals surface area contributed by atoms with Gasteiger partial charge in [-0.2, -0.15) is 0 Å². The van der Waals surface area contributed by atoms with Crippen molar-refractivity contribution in [1.29, 1.82) is 0 Å². The van der Waals surface area contributed by atoms with E-state index in [4.69, 9.17) is 10.2 Å². The zero-order valence-corrected chi connectivity index (χ0v) is 11.0. The second-order valence-corrected chi connectivity index (χ2v) is 4.57. The standard InChI is InChI=1S/C14H16N2O4/c1-9-6-10-4-2-3-5-12(10)16(9)7-13(18)15-11(8-17)14(19)20/h2-6,11,17H,7-8H2,1H3,(H,15,18)(H,19,20). The number of fused-ring (bicyclic) bond motifs is 1. The third-order valence-electron chi connectivity index (χ3n) is 3.14. The van der Waals surface area contributed by atoms with Crippen LogP contribution in [0, 0.1) is 6.92 Å². The average Bonchev–Trinajstić information content (AvgIpc) is 2.72. The van der Waals surface area contributed by atoms with E-state index in [0.717, 1.165) is 16.6 Å². The highest BCUT2D eigenvalue weighted by Gasteiger charge is 2.19. The van der Waals surface area contributed by atoms with Crippen LogP contribution in [0.1, 0.15) is 5.69 Å². The molecule has 0 saturated heterocycles. The number of aliphatic carboxylic acids is 1. The summed E-state index contributed by atoms with van der Waals surface area (Å²) < 4.78 is 1.81. The molecule has 1 aromatic heterocycles. The first kappa shape index (κ1) is 14.1. The van der Waals surface area contributed by atoms with Gasteiger partial charge in [0.2, 0.25) is 5.91 Å². The van der Waals surface area contributed by atoms with E-state index in [1.54, 1.807) is 4.57 Å². The highest BCUT2D eigenvalue weighted by molar-refractivity contribution is 5.86. The van der Waals surface area contributed by atoms with Crippen LogP contribution in [0.4, 0.5) is 0 Å². The summed E-state index contributed by atoms with van der Waals surface area (Å²) in [7, 11) is 0. The number of nitrogens with zero attached hydrogens (tertiary/aromatic N) is 1. The molecule has 6 nitrogen and oxygen atoms in total. The molecule has 0 spiro atoms. The van der Waals surface area contributed by atoms with E-state index in [1.165, 1.54) is 0 Å². The lowest BCUT2D eigenvalue weighted by Crippen LogP contribution is -2.44. The number of aromatic nitrogens is 1. The number of carboxylic acids is 1. The topological polar surface area (TPSA) is 91.6 Å². The zero-order chi connectivity index (χ0) is 14.7. The zero-order valence-electron chi connectivity index (χ0n) is 11.0. The molecule has 1 amide bonds. The van der Waals surface area contributed by atoms with Crippen molar-refractivity contribution < 1.29 is 19.8 Å². The summed E-state index contributed by atoms with van der Waals surface area (Å²) in [6.45, 7) is 1.27. The maximum Gasteiger partial charge on any atom is 0.328 e. The largest absolute Gasteiger partial charge is 0.480 e. The van der Waals surface area contributed by atoms with Gasteiger partial charge in [-0.05, 0) is 24.4 Å². The van der Waals surface area contributed by atoms with Gasteiger partial charge in [0.25, 0.3) is 0 Å². The number of hydrogen-bond donors (Lipinski definition) is 3. The molecule has 0 saturated carbocycles. The monoisotopic (exact) mass is 276 g/mol. The van der Waals surface area contributed by atoms with Gasteiger partial charge >= 0.3 is 5.97 Å². The smallest absolute Gasteiger partial charge is 0.328 e. The molecule has 1 heterocycles. The molecule has 1 unspecified atom stereocenters. The highest BCUT2D eigenvalue weighted by Crippen LogP contribution is 2.18. The van der Waals surface area contributed by atoms with E-state index < -0.39 is 24.5 Å². The summed E-state index contributed by atoms with van der Waals surface area (Å²) >= 11 is 0. The summed E-state index contributed by atoms with van der Waals surface area (Å²) in [6.07, 6.45) is 0. The maximum atomic E-state index is 11.9. The molecule has 0 fully saturated rings. The van der Waals surface area contributed by atoms with Gasteiger partial charge in [-0.15, -0.1) is 0 Å². The number of carboxylic acid groups (broad SMARTS) is 1. The molecule has 20 heavy (non-hydrogen) atoms. The predicted octanol–water partition coefficient (Wildman–Crippen LogP) is 0.511. The highest BCUT2D eigenvalue weighted by atomic mass is 16.4. The number of hydrogen-bond acceptors (Lipinski definition) is 3. The second kappa shape index (κ2) is 5.75. The van der Waals surface area contributed by atoms with E-state index >= 15 is 0 Å². The number of para-hydroxylation sites is 1. The number of nitrogens with one attached hydrogen (secondary N) is 1. The molecule has 0 bridgehead atoms. The molecule has 6 heteroatoms. The van der Waals surface area contributed by atoms with Crippen molar-refractivity contribution in [1.82, 2.24) is 9.88 Å². The number of aliphatic hydroxyl groups is 1. The van der Waals surface area contributed by atoms with Crippen molar-refractivity contribution in [3.8, 4) is 0 Å². The molecule has 0 aliphatic rings. The van der Waals surface area contributed by atoms with E-state index in [1.807, 2.05) is 37.3 Å². The Morgan fingerprint density at radius 2 is 2.05 bits per heavy atom. The fourth-order valence-corrected chi connectivity index (χ4v) is 2.13. The Morgan fingerprint density at radius 1 is 1.35 bits per heavy atom. The Labute approximate surface area is 115 Å². The normalized spacial score (nSPS) is 12.3. The van der Waals surface area contributed by atoms with Crippen molar-refractivity contribution in [3.63, 3.8) is 0 Å². The number of aliphatic hydroxyl groups excluding tert-OH is 1. The van der Waals surface area contributed by atoms with Crippen LogP contribution in [0.25, 0.3) is 10.9 Å². The maximum absolute atomic E-state index is 11.9. The summed E-state index contributed by atoms with van der Waals surface area (Å²) in [5.74, 6) is -1.70. The van der Waals surface area contributed by atoms with Crippen molar-refractivity contribution in [2.75, 3.05) is 6.61 Å². The molecule has 1 atom stereocenters. The first-order chi connectivity index (χ1) is 9.52. The minimum atomic E-state index is -1.27. The van der Waals surface area contributed by atoms with E-state index in [-0.39, 0.29) is 6.54 Å². The molecule has 0 radical (unpaired) electrons. The van der Waals surface area contributed by atoms with Crippen LogP contribution in [0.2, 0.25) is 0 Å². The van der Waals surface area contributed by atoms with Gasteiger partial charge in [0.1, 0.15) is 12.6 Å². The Morgan fingerprint density at radius 3 is 2.70 bits per heavy atom. The van der Waals surface area contributed by atoms with Gasteiger partial charge in [-0.1, -0.05) is 18.2 Å². The molecular formula is C14H16N2O4. The second-order valence-electron chi connectivity index (χ2n) is 4.57. The summed E-state index contributed by atoms with van der Waals surface area (Å²) in [5.41, 5.74) is 1.83. The summed E-state index contributed by atoms with van der Waals surface area (Å²) in [4.78, 5) is 22.6. The number of carbonyl (C=O) groups excluding carboxylic acids is 1. The minimum Gasteiger partial charge on any atom is -0.480 e. The van der Waals surface area contributed by atoms with Gasteiger partial charge in [0.15, 0.2) is 0 Å². The molecule has 1 aromatic carbocycles. The van der Waals surface area contributed by atoms with Crippen molar-refractivity contribution in [3.05, 3.63) is 36.0 Å². The van der Waals surface area contributed by atoms with Crippen LogP contribution in [0.5, 0.6) is 0 Å². The summed E-state index contributed by atoms with van der Waals surface area (Å²) in [6, 6.07) is 8.33. The molecule has 0 aliphatic carbocycles. The summed E-state index contributed by atoms with van der Waals surface area (Å²) in [5, 5.41) is 21.0. The average molecular weight is 276 g/mol. The van der Waals surface area contributed by atoms with Crippen molar-refractivity contribution in [2.24, 2.45) is 0 Å². The Hall–Kier alpha value is -2.34. The van der Waals surface area contributed by atoms with Gasteiger partial charge in [0.05, 0.1) is 6.61 Å². The van der Waals surface area contributed by atoms with Crippen molar-refractivity contribution >= 4 is 22.8 Å². The number of benzene rings is 1. The van der Waals surface area contributed by atoms with E-state index in [0.29, 0.717) is 0 Å². The number of aryl methyl sites for hydroxylation is 1. The molecule has 2 aromatic rings. The van der Waals surface area contributed by atoms with Crippen LogP contribution in [0.15, 0.2) is 30.3 Å². The molecule has 106 valence electrons. The van der Waals surface area contributed by atoms with E-state index in [2.05, 4.69) is 5.32 Å². The van der Waals surface area contributed by atoms with Crippen LogP contribution < -0.4 is 5.32 Å². The molecular weight excluding hydrogens is 260 g/mol. The quantitative estimate of drug-likeness (QED) is 0.742. The van der Waals surface area contributed by atoms with E-state index in [9.17, 15) is 9.59 Å². The lowest BCUT2D eigenvalue weighted by atomic mass is 10.2. The van der Waals surface area contributed by atoms with Crippen LogP contribution in [-0.2, 0) is 16.1 Å². The fourth-order valence-electron chi connectivity index (χ4n) is 2.13. The Bertz CT molecular complexity index is 648.